The third-order valence-electron chi connectivity index (χ3n) is 2.40. The van der Waals surface area contributed by atoms with Gasteiger partial charge in [-0.1, -0.05) is 44.0 Å². The lowest BCUT2D eigenvalue weighted by molar-refractivity contribution is -0.116. The number of benzene rings is 1. The zero-order chi connectivity index (χ0) is 13.7. The summed E-state index contributed by atoms with van der Waals surface area (Å²) < 4.78 is 5.01. The maximum atomic E-state index is 11.9. The Labute approximate surface area is 123 Å². The van der Waals surface area contributed by atoms with E-state index < -0.39 is 10.8 Å². The first-order chi connectivity index (χ1) is 8.51. The van der Waals surface area contributed by atoms with Crippen LogP contribution in [-0.2, 0) is 14.9 Å². The van der Waals surface area contributed by atoms with Gasteiger partial charge in [0.2, 0.25) is 0 Å². The standard InChI is InChI=1S/C13H14Br2O3/c1-3-18-13(17)11-6-9(7-14)4-5-10(11)12(15)8(2)16/h4-6,12H,3,7H2,1-2H3. The lowest BCUT2D eigenvalue weighted by Crippen LogP contribution is -2.12. The number of ketones is 1. The first-order valence-corrected chi connectivity index (χ1v) is 7.55. The van der Waals surface area contributed by atoms with Gasteiger partial charge in [0.25, 0.3) is 0 Å². The Balaban J connectivity index is 3.24. The van der Waals surface area contributed by atoms with Crippen molar-refractivity contribution < 1.29 is 14.3 Å². The maximum absolute atomic E-state index is 11.9. The zero-order valence-electron chi connectivity index (χ0n) is 10.2. The van der Waals surface area contributed by atoms with Crippen LogP contribution in [0.4, 0.5) is 0 Å². The molecule has 0 aromatic heterocycles. The molecule has 0 aliphatic rings. The Bertz CT molecular complexity index is 458. The quantitative estimate of drug-likeness (QED) is 0.579. The largest absolute Gasteiger partial charge is 0.462 e. The highest BCUT2D eigenvalue weighted by Gasteiger charge is 2.21. The van der Waals surface area contributed by atoms with E-state index >= 15 is 0 Å². The first-order valence-electron chi connectivity index (χ1n) is 5.51. The number of hydrogen-bond donors (Lipinski definition) is 0. The molecule has 1 rings (SSSR count). The van der Waals surface area contributed by atoms with Gasteiger partial charge in [-0.15, -0.1) is 0 Å². The second kappa shape index (κ2) is 7.04. The third kappa shape index (κ3) is 3.65. The molecular weight excluding hydrogens is 364 g/mol. The highest BCUT2D eigenvalue weighted by Crippen LogP contribution is 2.28. The monoisotopic (exact) mass is 376 g/mol. The molecule has 0 N–H and O–H groups in total. The van der Waals surface area contributed by atoms with E-state index in [1.54, 1.807) is 19.1 Å². The Kier molecular flexibility index (Phi) is 6.02. The van der Waals surface area contributed by atoms with E-state index in [9.17, 15) is 9.59 Å². The van der Waals surface area contributed by atoms with Crippen LogP contribution in [0.25, 0.3) is 0 Å². The predicted molar refractivity (Wildman–Crippen MR) is 77.4 cm³/mol. The lowest BCUT2D eigenvalue weighted by Gasteiger charge is -2.13. The van der Waals surface area contributed by atoms with Crippen LogP contribution in [0.5, 0.6) is 0 Å². The fourth-order valence-electron chi connectivity index (χ4n) is 1.51. The van der Waals surface area contributed by atoms with Gasteiger partial charge in [-0.2, -0.15) is 0 Å². The molecule has 0 spiro atoms. The van der Waals surface area contributed by atoms with Crippen LogP contribution in [0.3, 0.4) is 0 Å². The molecule has 98 valence electrons. The second-order valence-corrected chi connectivity index (χ2v) is 5.23. The maximum Gasteiger partial charge on any atom is 0.338 e. The molecule has 1 aromatic carbocycles. The van der Waals surface area contributed by atoms with E-state index in [1.807, 2.05) is 6.07 Å². The molecule has 5 heteroatoms. The van der Waals surface area contributed by atoms with Crippen molar-refractivity contribution in [2.45, 2.75) is 24.0 Å². The summed E-state index contributed by atoms with van der Waals surface area (Å²) in [5.74, 6) is -0.451. The molecule has 0 radical (unpaired) electrons. The number of esters is 1. The van der Waals surface area contributed by atoms with Crippen molar-refractivity contribution in [1.29, 1.82) is 0 Å². The van der Waals surface area contributed by atoms with Crippen LogP contribution in [-0.4, -0.2) is 18.4 Å². The van der Waals surface area contributed by atoms with Crippen LogP contribution < -0.4 is 0 Å². The number of carbonyl (C=O) groups excluding carboxylic acids is 2. The van der Waals surface area contributed by atoms with Crippen LogP contribution in [0, 0.1) is 0 Å². The average molecular weight is 378 g/mol. The normalized spacial score (nSPS) is 12.0. The molecule has 0 heterocycles. The van der Waals surface area contributed by atoms with Crippen LogP contribution in [0.2, 0.25) is 0 Å². The molecule has 0 aliphatic heterocycles. The van der Waals surface area contributed by atoms with Gasteiger partial charge in [-0.3, -0.25) is 4.79 Å². The molecule has 18 heavy (non-hydrogen) atoms. The van der Waals surface area contributed by atoms with Gasteiger partial charge in [0.15, 0.2) is 0 Å². The number of Topliss-reactive ketones (excluding diaryl/α,β-unsaturated/α-hetero) is 1. The molecule has 3 nitrogen and oxygen atoms in total. The smallest absolute Gasteiger partial charge is 0.338 e. The number of ether oxygens (including phenoxy) is 1. The Morgan fingerprint density at radius 2 is 2.06 bits per heavy atom. The predicted octanol–water partition coefficient (Wildman–Crippen LogP) is 3.78. The second-order valence-electron chi connectivity index (χ2n) is 3.75. The summed E-state index contributed by atoms with van der Waals surface area (Å²) in [5, 5.41) is 0.646. The summed E-state index contributed by atoms with van der Waals surface area (Å²) in [6, 6.07) is 5.41. The van der Waals surface area contributed by atoms with Crippen LogP contribution in [0.1, 0.15) is 40.2 Å². The van der Waals surface area contributed by atoms with E-state index in [4.69, 9.17) is 4.74 Å². The van der Waals surface area contributed by atoms with E-state index in [-0.39, 0.29) is 5.78 Å². The van der Waals surface area contributed by atoms with Crippen molar-refractivity contribution in [2.75, 3.05) is 6.61 Å². The third-order valence-corrected chi connectivity index (χ3v) is 4.18. The first kappa shape index (κ1) is 15.4. The van der Waals surface area contributed by atoms with Crippen LogP contribution in [0.15, 0.2) is 18.2 Å². The summed E-state index contributed by atoms with van der Waals surface area (Å²) in [4.78, 5) is 22.8. The van der Waals surface area contributed by atoms with Gasteiger partial charge < -0.3 is 4.74 Å². The van der Waals surface area contributed by atoms with Crippen LogP contribution >= 0.6 is 31.9 Å². The van der Waals surface area contributed by atoms with Gasteiger partial charge in [-0.05, 0) is 31.0 Å². The van der Waals surface area contributed by atoms with Gasteiger partial charge in [-0.25, -0.2) is 4.79 Å². The summed E-state index contributed by atoms with van der Waals surface area (Å²) in [6.45, 7) is 3.54. The summed E-state index contributed by atoms with van der Waals surface area (Å²) in [7, 11) is 0. The van der Waals surface area contributed by atoms with E-state index in [0.29, 0.717) is 23.1 Å². The van der Waals surface area contributed by atoms with Crippen molar-refractivity contribution in [3.63, 3.8) is 0 Å². The topological polar surface area (TPSA) is 43.4 Å². The lowest BCUT2D eigenvalue weighted by atomic mass is 10.0. The molecule has 1 unspecified atom stereocenters. The summed E-state index contributed by atoms with van der Waals surface area (Å²) in [6.07, 6.45) is 0. The fourth-order valence-corrected chi connectivity index (χ4v) is 2.26. The molecule has 0 aliphatic carbocycles. The molecule has 0 amide bonds. The van der Waals surface area contributed by atoms with Crippen molar-refractivity contribution in [2.24, 2.45) is 0 Å². The molecule has 0 fully saturated rings. The van der Waals surface area contributed by atoms with E-state index in [2.05, 4.69) is 31.9 Å². The minimum absolute atomic E-state index is 0.0489. The number of rotatable bonds is 5. The SMILES string of the molecule is CCOC(=O)c1cc(CBr)ccc1C(Br)C(C)=O. The molecule has 1 atom stereocenters. The van der Waals surface area contributed by atoms with Gasteiger partial charge in [0.05, 0.1) is 17.0 Å². The molecule has 0 saturated carbocycles. The highest BCUT2D eigenvalue weighted by atomic mass is 79.9. The minimum Gasteiger partial charge on any atom is -0.462 e. The van der Waals surface area contributed by atoms with Crippen molar-refractivity contribution in [1.82, 2.24) is 0 Å². The molecule has 0 saturated heterocycles. The van der Waals surface area contributed by atoms with Gasteiger partial charge >= 0.3 is 5.97 Å². The summed E-state index contributed by atoms with van der Waals surface area (Å²) >= 11 is 6.64. The Hall–Kier alpha value is -0.680. The van der Waals surface area contributed by atoms with Gasteiger partial charge in [0.1, 0.15) is 5.78 Å². The molecule has 0 bridgehead atoms. The van der Waals surface area contributed by atoms with Crippen molar-refractivity contribution in [3.8, 4) is 0 Å². The highest BCUT2D eigenvalue weighted by molar-refractivity contribution is 9.09. The number of alkyl halides is 2. The minimum atomic E-state index is -0.485. The van der Waals surface area contributed by atoms with E-state index in [0.717, 1.165) is 5.56 Å². The zero-order valence-corrected chi connectivity index (χ0v) is 13.4. The van der Waals surface area contributed by atoms with Crippen molar-refractivity contribution in [3.05, 3.63) is 34.9 Å². The molecular formula is C13H14Br2O3. The number of carbonyl (C=O) groups is 2. The summed E-state index contributed by atoms with van der Waals surface area (Å²) in [5.41, 5.74) is 2.04. The van der Waals surface area contributed by atoms with Crippen molar-refractivity contribution >= 4 is 43.6 Å². The van der Waals surface area contributed by atoms with Gasteiger partial charge in [0, 0.05) is 5.33 Å². The average Bonchev–Trinajstić information content (AvgIpc) is 2.37. The Morgan fingerprint density at radius 3 is 2.56 bits per heavy atom. The Morgan fingerprint density at radius 1 is 1.39 bits per heavy atom. The number of halogens is 2. The number of hydrogen-bond acceptors (Lipinski definition) is 3. The molecule has 1 aromatic rings. The fraction of sp³-hybridized carbons (Fsp3) is 0.385. The van der Waals surface area contributed by atoms with E-state index in [1.165, 1.54) is 6.92 Å².